The van der Waals surface area contributed by atoms with Crippen LogP contribution in [-0.4, -0.2) is 61.1 Å². The second-order valence-electron chi connectivity index (χ2n) is 11.8. The van der Waals surface area contributed by atoms with E-state index in [2.05, 4.69) is 35.1 Å². The molecule has 0 radical (unpaired) electrons. The zero-order chi connectivity index (χ0) is 33.8. The Bertz CT molecular complexity index is 1560. The molecule has 7 N–H and O–H groups in total. The summed E-state index contributed by atoms with van der Waals surface area (Å²) in [5, 5.41) is 45.1. The van der Waals surface area contributed by atoms with Gasteiger partial charge in [-0.05, 0) is 97.5 Å². The molecule has 4 aromatic carbocycles. The number of rotatable bonds is 18. The zero-order valence-electron chi connectivity index (χ0n) is 27.4. The van der Waals surface area contributed by atoms with Gasteiger partial charge in [-0.15, -0.1) is 0 Å². The highest BCUT2D eigenvalue weighted by Crippen LogP contribution is 2.33. The number of carbonyl (C=O) groups excluding carboxylic acids is 1. The number of hydrogen-bond donors (Lipinski definition) is 7. The smallest absolute Gasteiger partial charge is 0.211 e. The van der Waals surface area contributed by atoms with E-state index >= 15 is 0 Å². The van der Waals surface area contributed by atoms with Gasteiger partial charge >= 0.3 is 0 Å². The van der Waals surface area contributed by atoms with Crippen molar-refractivity contribution < 1.29 is 29.6 Å². The first-order valence-electron chi connectivity index (χ1n) is 15.7. The maximum absolute atomic E-state index is 11.2. The molecular formula is C37H46N4O6. The maximum Gasteiger partial charge on any atom is 0.211 e. The molecule has 0 saturated carbocycles. The number of aromatic hydroxyl groups is 2. The van der Waals surface area contributed by atoms with Crippen molar-refractivity contribution in [3.63, 3.8) is 0 Å². The predicted octanol–water partition coefficient (Wildman–Crippen LogP) is 5.31. The quantitative estimate of drug-likeness (QED) is 0.0567. The summed E-state index contributed by atoms with van der Waals surface area (Å²) in [4.78, 5) is 11.2. The fraction of sp³-hybridized carbons (Fsp3) is 0.324. The minimum absolute atomic E-state index is 0.0306. The molecule has 10 nitrogen and oxygen atoms in total. The first-order chi connectivity index (χ1) is 22.7. The Morgan fingerprint density at radius 1 is 0.681 bits per heavy atom. The summed E-state index contributed by atoms with van der Waals surface area (Å²) in [6, 6.07) is 25.7. The van der Waals surface area contributed by atoms with E-state index in [0.29, 0.717) is 30.8 Å². The van der Waals surface area contributed by atoms with E-state index in [0.717, 1.165) is 41.0 Å². The van der Waals surface area contributed by atoms with Gasteiger partial charge < -0.3 is 46.1 Å². The van der Waals surface area contributed by atoms with Crippen LogP contribution in [0.2, 0.25) is 0 Å². The summed E-state index contributed by atoms with van der Waals surface area (Å²) in [5.74, 6) is 1.59. The number of methoxy groups -OCH3 is 2. The molecule has 250 valence electrons. The van der Waals surface area contributed by atoms with Crippen LogP contribution in [0.5, 0.6) is 23.0 Å². The monoisotopic (exact) mass is 642 g/mol. The van der Waals surface area contributed by atoms with Crippen LogP contribution in [-0.2, 0) is 17.6 Å². The molecule has 0 heterocycles. The highest BCUT2D eigenvalue weighted by molar-refractivity contribution is 5.75. The number of benzene rings is 4. The molecular weight excluding hydrogens is 596 g/mol. The average Bonchev–Trinajstić information content (AvgIpc) is 3.08. The highest BCUT2D eigenvalue weighted by Gasteiger charge is 2.19. The molecule has 10 heteroatoms. The van der Waals surface area contributed by atoms with Crippen LogP contribution >= 0.6 is 0 Å². The standard InChI is InChI=1S/C37H46N4O6/c1-24(17-26-5-11-30(46-3)12-6-26)38-21-34(28-9-15-35(43)32(19-28)40-23-42)41-33-20-29(10-16-36(33)44)37(45)22-39-25(2)18-27-7-13-31(47-4)14-8-27/h5-16,19-20,23-25,34,37-39,41,43-45H,17-18,21-22H2,1-4H3,(H,40,42)/t24-,25+,34-,37-/m1/s1. The van der Waals surface area contributed by atoms with Crippen LogP contribution in [0.3, 0.4) is 0 Å². The van der Waals surface area contributed by atoms with Crippen molar-refractivity contribution in [1.82, 2.24) is 10.6 Å². The molecule has 0 aliphatic rings. The molecule has 0 unspecified atom stereocenters. The van der Waals surface area contributed by atoms with Gasteiger partial charge in [-0.1, -0.05) is 36.4 Å². The number of amides is 1. The molecule has 0 saturated heterocycles. The van der Waals surface area contributed by atoms with Gasteiger partial charge in [0.2, 0.25) is 6.41 Å². The lowest BCUT2D eigenvalue weighted by atomic mass is 10.0. The lowest BCUT2D eigenvalue weighted by Crippen LogP contribution is -2.34. The first kappa shape index (κ1) is 35.1. The molecule has 1 amide bonds. The largest absolute Gasteiger partial charge is 0.506 e. The topological polar surface area (TPSA) is 144 Å². The number of anilines is 2. The molecule has 47 heavy (non-hydrogen) atoms. The van der Waals surface area contributed by atoms with Gasteiger partial charge in [-0.25, -0.2) is 0 Å². The van der Waals surface area contributed by atoms with Crippen molar-refractivity contribution in [3.8, 4) is 23.0 Å². The van der Waals surface area contributed by atoms with Crippen molar-refractivity contribution in [3.05, 3.63) is 107 Å². The van der Waals surface area contributed by atoms with E-state index in [1.165, 1.54) is 6.07 Å². The number of aliphatic hydroxyl groups excluding tert-OH is 1. The number of phenols is 2. The summed E-state index contributed by atoms with van der Waals surface area (Å²) >= 11 is 0. The Balaban J connectivity index is 1.46. The van der Waals surface area contributed by atoms with Gasteiger partial charge in [0.1, 0.15) is 23.0 Å². The fourth-order valence-corrected chi connectivity index (χ4v) is 5.39. The minimum Gasteiger partial charge on any atom is -0.506 e. The van der Waals surface area contributed by atoms with Crippen LogP contribution in [0.4, 0.5) is 11.4 Å². The SMILES string of the molecule is COc1ccc(C[C@@H](C)NC[C@@H](Nc2cc([C@H](O)CN[C@@H](C)Cc3ccc(OC)cc3)ccc2O)c2ccc(O)c(NC=O)c2)cc1. The Hall–Kier alpha value is -4.77. The number of nitrogens with one attached hydrogen (secondary N) is 4. The van der Waals surface area contributed by atoms with Crippen LogP contribution in [0.15, 0.2) is 84.9 Å². The van der Waals surface area contributed by atoms with E-state index in [4.69, 9.17) is 9.47 Å². The van der Waals surface area contributed by atoms with E-state index in [9.17, 15) is 20.1 Å². The maximum atomic E-state index is 11.2. The Kier molecular flexibility index (Phi) is 12.9. The van der Waals surface area contributed by atoms with E-state index in [1.807, 2.05) is 48.5 Å². The number of hydrogen-bond acceptors (Lipinski definition) is 9. The summed E-state index contributed by atoms with van der Waals surface area (Å²) in [6.45, 7) is 4.95. The van der Waals surface area contributed by atoms with Gasteiger partial charge in [0.25, 0.3) is 0 Å². The summed E-state index contributed by atoms with van der Waals surface area (Å²) in [6.07, 6.45) is 1.27. The third-order valence-corrected chi connectivity index (χ3v) is 8.10. The zero-order valence-corrected chi connectivity index (χ0v) is 27.4. The second-order valence-corrected chi connectivity index (χ2v) is 11.8. The Morgan fingerprint density at radius 3 is 1.70 bits per heavy atom. The molecule has 0 fully saturated rings. The summed E-state index contributed by atoms with van der Waals surface area (Å²) in [7, 11) is 3.28. The summed E-state index contributed by atoms with van der Waals surface area (Å²) < 4.78 is 10.5. The second kappa shape index (κ2) is 17.2. The van der Waals surface area contributed by atoms with Gasteiger partial charge in [0.15, 0.2) is 0 Å². The van der Waals surface area contributed by atoms with Crippen LogP contribution < -0.4 is 30.7 Å². The molecule has 4 aromatic rings. The highest BCUT2D eigenvalue weighted by atomic mass is 16.5. The Labute approximate surface area is 276 Å². The van der Waals surface area contributed by atoms with Crippen molar-refractivity contribution in [1.29, 1.82) is 0 Å². The van der Waals surface area contributed by atoms with Crippen molar-refractivity contribution in [2.45, 2.75) is 50.9 Å². The minimum atomic E-state index is -0.812. The van der Waals surface area contributed by atoms with Crippen LogP contribution in [0, 0.1) is 0 Å². The van der Waals surface area contributed by atoms with E-state index in [-0.39, 0.29) is 35.3 Å². The van der Waals surface area contributed by atoms with Crippen molar-refractivity contribution in [2.24, 2.45) is 0 Å². The Morgan fingerprint density at radius 2 is 1.17 bits per heavy atom. The van der Waals surface area contributed by atoms with Crippen molar-refractivity contribution >= 4 is 17.8 Å². The van der Waals surface area contributed by atoms with Crippen LogP contribution in [0.1, 0.15) is 48.2 Å². The third kappa shape index (κ3) is 10.4. The number of aliphatic hydroxyl groups is 1. The van der Waals surface area contributed by atoms with Gasteiger partial charge in [-0.2, -0.15) is 0 Å². The third-order valence-electron chi connectivity index (χ3n) is 8.10. The molecule has 4 rings (SSSR count). The van der Waals surface area contributed by atoms with Gasteiger partial charge in [-0.3, -0.25) is 4.79 Å². The number of phenolic OH excluding ortho intramolecular Hbond substituents is 2. The predicted molar refractivity (Wildman–Crippen MR) is 186 cm³/mol. The molecule has 4 atom stereocenters. The molecule has 0 aliphatic heterocycles. The normalized spacial score (nSPS) is 13.6. The van der Waals surface area contributed by atoms with Crippen molar-refractivity contribution in [2.75, 3.05) is 37.9 Å². The molecule has 0 bridgehead atoms. The average molecular weight is 643 g/mol. The molecule has 0 aliphatic carbocycles. The van der Waals surface area contributed by atoms with Gasteiger partial charge in [0.05, 0.1) is 37.7 Å². The molecule has 0 spiro atoms. The summed E-state index contributed by atoms with van der Waals surface area (Å²) in [5.41, 5.74) is 4.46. The van der Waals surface area contributed by atoms with E-state index in [1.54, 1.807) is 44.6 Å². The fourth-order valence-electron chi connectivity index (χ4n) is 5.39. The number of ether oxygens (including phenoxy) is 2. The molecule has 0 aromatic heterocycles. The van der Waals surface area contributed by atoms with Gasteiger partial charge in [0, 0.05) is 25.2 Å². The van der Waals surface area contributed by atoms with Crippen LogP contribution in [0.25, 0.3) is 0 Å². The number of carbonyl (C=O) groups is 1. The van der Waals surface area contributed by atoms with E-state index < -0.39 is 6.10 Å². The first-order valence-corrected chi connectivity index (χ1v) is 15.7. The lowest BCUT2D eigenvalue weighted by Gasteiger charge is -2.25. The lowest BCUT2D eigenvalue weighted by molar-refractivity contribution is -0.105.